The first-order chi connectivity index (χ1) is 36.5. The number of phosphoric ester groups is 1. The Bertz CT molecular complexity index is 2740. The van der Waals surface area contributed by atoms with Gasteiger partial charge in [0.1, 0.15) is 47.6 Å². The fourth-order valence-electron chi connectivity index (χ4n) is 11.0. The zero-order valence-electron chi connectivity index (χ0n) is 44.1. The van der Waals surface area contributed by atoms with Gasteiger partial charge in [0.2, 0.25) is 0 Å². The molecule has 0 aromatic heterocycles. The van der Waals surface area contributed by atoms with E-state index in [4.69, 9.17) is 32.5 Å². The van der Waals surface area contributed by atoms with Gasteiger partial charge in [0.25, 0.3) is 0 Å². The van der Waals surface area contributed by atoms with Crippen molar-refractivity contribution in [3.8, 4) is 11.5 Å². The van der Waals surface area contributed by atoms with Crippen molar-refractivity contribution in [2.75, 3.05) is 20.8 Å². The summed E-state index contributed by atoms with van der Waals surface area (Å²) < 4.78 is 58.3. The molecule has 4 N–H and O–H groups in total. The molecule has 2 saturated carbocycles. The molecule has 13 nitrogen and oxygen atoms in total. The maximum Gasteiger partial charge on any atom is 0.475 e. The van der Waals surface area contributed by atoms with Crippen LogP contribution in [0.4, 0.5) is 0 Å². The van der Waals surface area contributed by atoms with Crippen molar-refractivity contribution in [1.82, 2.24) is 0 Å². The molecule has 0 amide bonds. The third-order valence-electron chi connectivity index (χ3n) is 15.8. The molecule has 8 rings (SSSR count). The highest BCUT2D eigenvalue weighted by Crippen LogP contribution is 2.57. The Morgan fingerprint density at radius 3 is 1.43 bits per heavy atom. The predicted molar refractivity (Wildman–Crippen MR) is 289 cm³/mol. The first-order valence-electron chi connectivity index (χ1n) is 26.1. The highest BCUT2D eigenvalue weighted by Gasteiger charge is 2.68. The first-order valence-corrected chi connectivity index (χ1v) is 27.6. The van der Waals surface area contributed by atoms with Gasteiger partial charge in [-0.25, -0.2) is 9.36 Å². The lowest BCUT2D eigenvalue weighted by atomic mass is 9.58. The number of benzene rings is 6. The zero-order valence-corrected chi connectivity index (χ0v) is 45.0. The van der Waals surface area contributed by atoms with Crippen LogP contribution in [0.2, 0.25) is 0 Å². The number of rotatable bonds is 23. The van der Waals surface area contributed by atoms with Crippen LogP contribution in [0.1, 0.15) is 67.0 Å². The molecule has 0 aliphatic heterocycles. The Hall–Kier alpha value is -5.70. The summed E-state index contributed by atoms with van der Waals surface area (Å²) in [6, 6.07) is 51.2. The zero-order chi connectivity index (χ0) is 53.9. The summed E-state index contributed by atoms with van der Waals surface area (Å²) in [5.74, 6) is 0.801. The van der Waals surface area contributed by atoms with E-state index >= 15 is 4.57 Å². The number of ether oxygens (including phenoxy) is 4. The monoisotopic (exact) mass is 1060 g/mol. The van der Waals surface area contributed by atoms with E-state index in [-0.39, 0.29) is 36.4 Å². The highest BCUT2D eigenvalue weighted by molar-refractivity contribution is 7.48. The van der Waals surface area contributed by atoms with E-state index in [1.165, 1.54) is 0 Å². The van der Waals surface area contributed by atoms with E-state index in [1.54, 1.807) is 123 Å². The molecular formula is C62H73O13P. The van der Waals surface area contributed by atoms with Gasteiger partial charge in [-0.3, -0.25) is 13.6 Å². The van der Waals surface area contributed by atoms with Gasteiger partial charge in [0.05, 0.1) is 33.5 Å². The molecular weight excluding hydrogens is 984 g/mol. The second-order valence-corrected chi connectivity index (χ2v) is 22.8. The van der Waals surface area contributed by atoms with Gasteiger partial charge in [-0.15, -0.1) is 0 Å². The van der Waals surface area contributed by atoms with Gasteiger partial charge in [-0.2, -0.15) is 0 Å². The van der Waals surface area contributed by atoms with Crippen LogP contribution in [0, 0.1) is 23.2 Å². The Morgan fingerprint density at radius 2 is 1.00 bits per heavy atom. The summed E-state index contributed by atoms with van der Waals surface area (Å²) in [5, 5.41) is 50.9. The first kappa shape index (κ1) is 56.5. The number of hydrogen-bond acceptors (Lipinski definition) is 13. The highest BCUT2D eigenvalue weighted by atomic mass is 31.2. The molecule has 0 heterocycles. The largest absolute Gasteiger partial charge is 0.497 e. The van der Waals surface area contributed by atoms with E-state index in [2.05, 4.69) is 32.9 Å². The molecule has 2 aliphatic rings. The third-order valence-corrected chi connectivity index (χ3v) is 17.2. The lowest BCUT2D eigenvalue weighted by molar-refractivity contribution is -0.302. The van der Waals surface area contributed by atoms with Crippen LogP contribution in [0.5, 0.6) is 11.5 Å². The van der Waals surface area contributed by atoms with Gasteiger partial charge in [-0.1, -0.05) is 166 Å². The summed E-state index contributed by atoms with van der Waals surface area (Å²) in [7, 11) is -1.64. The van der Waals surface area contributed by atoms with E-state index < -0.39 is 75.0 Å². The molecule has 0 radical (unpaired) electrons. The molecule has 0 saturated heterocycles. The molecule has 10 atom stereocenters. The number of carbonyl (C=O) groups excluding carboxylic acids is 1. The van der Waals surface area contributed by atoms with Crippen molar-refractivity contribution in [1.29, 1.82) is 0 Å². The van der Waals surface area contributed by atoms with E-state index in [0.717, 1.165) is 35.5 Å². The van der Waals surface area contributed by atoms with Crippen LogP contribution in [-0.4, -0.2) is 88.9 Å². The standard InChI is InChI=1S/C62H73O13P/c1-43(2)60(3)38-50(34-44-26-30-51(69-4)31-27-44)53(35-45-28-32-52(70-5)33-29-45)54(39-60)71-42-55(63)74-58-59(75-76(68,72-40-48-22-14-8-15-23-48)73-41-49-24-16-9-17-25-49)62(67,37-47-20-12-7-13-21-47)57(65)56(64)61(58,66)36-46-18-10-6-11-19-46/h6-33,43,50,53-54,56-59,64-67H,34-42H2,1-5H3/t50?,53?,54?,56-,57-,58+,59-,60?,61+,62+/m1/s1. The Kier molecular flexibility index (Phi) is 18.7. The second-order valence-electron chi connectivity index (χ2n) is 21.2. The number of aliphatic hydroxyl groups is 4. The average molecular weight is 1060 g/mol. The molecule has 404 valence electrons. The van der Waals surface area contributed by atoms with Crippen LogP contribution >= 0.6 is 7.82 Å². The SMILES string of the molecule is COc1ccc(CC2CC(C)(C(C)C)CC(OCC(=O)O[C@H]3[C@@H](OP(=O)(OCc4ccccc4)OCc4ccccc4)[C@](O)(Cc4ccccc4)[C@H](O)[C@@H](O)[C@@]3(O)Cc3ccccc3)C2Cc2ccc(OC)cc2)cc1. The number of carbonyl (C=O) groups is 1. The van der Waals surface area contributed by atoms with Crippen LogP contribution in [0.25, 0.3) is 0 Å². The van der Waals surface area contributed by atoms with Crippen molar-refractivity contribution in [2.45, 2.75) is 114 Å². The van der Waals surface area contributed by atoms with Crippen molar-refractivity contribution in [3.05, 3.63) is 203 Å². The van der Waals surface area contributed by atoms with Crippen molar-refractivity contribution in [2.24, 2.45) is 23.2 Å². The fraction of sp³-hybridized carbons (Fsp3) is 0.403. The Morgan fingerprint density at radius 1 is 0.579 bits per heavy atom. The lowest BCUT2D eigenvalue weighted by Gasteiger charge is -2.55. The summed E-state index contributed by atoms with van der Waals surface area (Å²) in [4.78, 5) is 15.0. The maximum absolute atomic E-state index is 15.4. The predicted octanol–water partition coefficient (Wildman–Crippen LogP) is 10.1. The fourth-order valence-corrected chi connectivity index (χ4v) is 12.4. The smallest absolute Gasteiger partial charge is 0.475 e. The summed E-state index contributed by atoms with van der Waals surface area (Å²) in [6.07, 6.45) is -6.85. The van der Waals surface area contributed by atoms with Gasteiger partial charge >= 0.3 is 13.8 Å². The molecule has 2 aliphatic carbocycles. The van der Waals surface area contributed by atoms with E-state index in [1.807, 2.05) is 48.5 Å². The quantitative estimate of drug-likeness (QED) is 0.0352. The second kappa shape index (κ2) is 25.2. The van der Waals surface area contributed by atoms with Crippen molar-refractivity contribution in [3.63, 3.8) is 0 Å². The number of aliphatic hydroxyl groups excluding tert-OH is 2. The topological polar surface area (TPSA) is 180 Å². The average Bonchev–Trinajstić information content (AvgIpc) is 3.62. The summed E-state index contributed by atoms with van der Waals surface area (Å²) in [6.45, 7) is 5.52. The van der Waals surface area contributed by atoms with Crippen LogP contribution < -0.4 is 9.47 Å². The van der Waals surface area contributed by atoms with Crippen LogP contribution in [0.3, 0.4) is 0 Å². The minimum absolute atomic E-state index is 0.0850. The number of esters is 1. The summed E-state index contributed by atoms with van der Waals surface area (Å²) in [5.41, 5.74) is -0.995. The molecule has 0 spiro atoms. The summed E-state index contributed by atoms with van der Waals surface area (Å²) >= 11 is 0. The maximum atomic E-state index is 15.4. The number of hydrogen-bond donors (Lipinski definition) is 4. The molecule has 6 aromatic rings. The molecule has 76 heavy (non-hydrogen) atoms. The molecule has 0 bridgehead atoms. The minimum Gasteiger partial charge on any atom is -0.497 e. The van der Waals surface area contributed by atoms with Crippen molar-refractivity contribution < 1.29 is 62.3 Å². The van der Waals surface area contributed by atoms with Gasteiger partial charge in [0, 0.05) is 12.8 Å². The normalized spacial score (nSPS) is 26.7. The minimum atomic E-state index is -4.92. The third kappa shape index (κ3) is 13.7. The molecule has 14 heteroatoms. The Balaban J connectivity index is 1.18. The van der Waals surface area contributed by atoms with Gasteiger partial charge in [0.15, 0.2) is 6.10 Å². The van der Waals surface area contributed by atoms with E-state index in [0.29, 0.717) is 35.1 Å². The van der Waals surface area contributed by atoms with Gasteiger partial charge < -0.3 is 39.4 Å². The van der Waals surface area contributed by atoms with Gasteiger partial charge in [-0.05, 0) is 106 Å². The lowest BCUT2D eigenvalue weighted by Crippen LogP contribution is -2.78. The van der Waals surface area contributed by atoms with E-state index in [9.17, 15) is 25.2 Å². The number of methoxy groups -OCH3 is 2. The Labute approximate surface area is 447 Å². The molecule has 2 fully saturated rings. The van der Waals surface area contributed by atoms with Crippen LogP contribution in [-0.2, 0) is 71.3 Å². The van der Waals surface area contributed by atoms with Crippen LogP contribution in [0.15, 0.2) is 170 Å². The molecule has 4 unspecified atom stereocenters. The number of phosphoric acid groups is 1. The molecule has 6 aromatic carbocycles. The van der Waals surface area contributed by atoms with Crippen molar-refractivity contribution >= 4 is 13.8 Å².